The molecule has 2 atom stereocenters. The SMILES string of the molecule is NCCC1CC(c2cc(F)ccc2F)NN1. The number of nitrogens with two attached hydrogens (primary N) is 1. The van der Waals surface area contributed by atoms with Crippen LogP contribution < -0.4 is 16.6 Å². The van der Waals surface area contributed by atoms with Crippen molar-refractivity contribution in [3.63, 3.8) is 0 Å². The van der Waals surface area contributed by atoms with Crippen LogP contribution in [-0.4, -0.2) is 12.6 Å². The van der Waals surface area contributed by atoms with Gasteiger partial charge >= 0.3 is 0 Å². The summed E-state index contributed by atoms with van der Waals surface area (Å²) in [6.45, 7) is 0.581. The minimum absolute atomic E-state index is 0.188. The van der Waals surface area contributed by atoms with Gasteiger partial charge < -0.3 is 5.73 Å². The van der Waals surface area contributed by atoms with Gasteiger partial charge in [0.25, 0.3) is 0 Å². The molecule has 1 fully saturated rings. The van der Waals surface area contributed by atoms with Crippen LogP contribution in [-0.2, 0) is 0 Å². The molecule has 0 radical (unpaired) electrons. The van der Waals surface area contributed by atoms with Gasteiger partial charge in [-0.2, -0.15) is 0 Å². The van der Waals surface area contributed by atoms with Crippen LogP contribution in [0.1, 0.15) is 24.4 Å². The van der Waals surface area contributed by atoms with E-state index in [4.69, 9.17) is 5.73 Å². The van der Waals surface area contributed by atoms with Gasteiger partial charge in [-0.05, 0) is 37.6 Å². The molecule has 1 heterocycles. The molecule has 0 bridgehead atoms. The minimum atomic E-state index is -0.416. The highest BCUT2D eigenvalue weighted by Crippen LogP contribution is 2.26. The average Bonchev–Trinajstić information content (AvgIpc) is 2.71. The smallest absolute Gasteiger partial charge is 0.128 e. The molecule has 16 heavy (non-hydrogen) atoms. The van der Waals surface area contributed by atoms with Crippen molar-refractivity contribution in [2.75, 3.05) is 6.54 Å². The number of halogens is 2. The molecule has 5 heteroatoms. The molecule has 0 spiro atoms. The van der Waals surface area contributed by atoms with Gasteiger partial charge in [-0.15, -0.1) is 0 Å². The van der Waals surface area contributed by atoms with Gasteiger partial charge in [-0.25, -0.2) is 14.2 Å². The predicted octanol–water partition coefficient (Wildman–Crippen LogP) is 1.22. The highest BCUT2D eigenvalue weighted by atomic mass is 19.1. The summed E-state index contributed by atoms with van der Waals surface area (Å²) in [6, 6.07) is 3.55. The molecule has 88 valence electrons. The van der Waals surface area contributed by atoms with E-state index in [-0.39, 0.29) is 17.9 Å². The Morgan fingerprint density at radius 1 is 1.31 bits per heavy atom. The van der Waals surface area contributed by atoms with E-state index in [1.807, 2.05) is 0 Å². The zero-order chi connectivity index (χ0) is 11.5. The van der Waals surface area contributed by atoms with Gasteiger partial charge in [0.1, 0.15) is 11.6 Å². The summed E-state index contributed by atoms with van der Waals surface area (Å²) in [5.74, 6) is -0.797. The number of hydrazine groups is 1. The first-order valence-corrected chi connectivity index (χ1v) is 5.37. The largest absolute Gasteiger partial charge is 0.330 e. The molecule has 1 aromatic carbocycles. The predicted molar refractivity (Wildman–Crippen MR) is 57.4 cm³/mol. The van der Waals surface area contributed by atoms with E-state index in [2.05, 4.69) is 10.9 Å². The molecule has 1 aromatic rings. The van der Waals surface area contributed by atoms with Gasteiger partial charge in [0.05, 0.1) is 6.04 Å². The van der Waals surface area contributed by atoms with Crippen molar-refractivity contribution >= 4 is 0 Å². The van der Waals surface area contributed by atoms with E-state index in [9.17, 15) is 8.78 Å². The van der Waals surface area contributed by atoms with Crippen LogP contribution >= 0.6 is 0 Å². The van der Waals surface area contributed by atoms with E-state index >= 15 is 0 Å². The summed E-state index contributed by atoms with van der Waals surface area (Å²) in [5, 5.41) is 0. The van der Waals surface area contributed by atoms with Crippen LogP contribution in [0.15, 0.2) is 18.2 Å². The van der Waals surface area contributed by atoms with E-state index in [0.29, 0.717) is 12.1 Å². The summed E-state index contributed by atoms with van der Waals surface area (Å²) in [7, 11) is 0. The van der Waals surface area contributed by atoms with Crippen LogP contribution in [0.25, 0.3) is 0 Å². The zero-order valence-corrected chi connectivity index (χ0v) is 8.84. The molecule has 1 saturated heterocycles. The lowest BCUT2D eigenvalue weighted by atomic mass is 10.00. The molecular weight excluding hydrogens is 212 g/mol. The first-order chi connectivity index (χ1) is 7.70. The molecule has 2 rings (SSSR count). The maximum absolute atomic E-state index is 13.5. The second-order valence-electron chi connectivity index (χ2n) is 4.02. The molecule has 1 aliphatic heterocycles. The second-order valence-corrected chi connectivity index (χ2v) is 4.02. The Bertz CT molecular complexity index is 370. The highest BCUT2D eigenvalue weighted by molar-refractivity contribution is 5.23. The molecule has 0 amide bonds. The van der Waals surface area contributed by atoms with E-state index < -0.39 is 5.82 Å². The lowest BCUT2D eigenvalue weighted by molar-refractivity contribution is 0.511. The first kappa shape index (κ1) is 11.4. The van der Waals surface area contributed by atoms with Gasteiger partial charge in [0, 0.05) is 11.6 Å². The van der Waals surface area contributed by atoms with Crippen molar-refractivity contribution in [1.82, 2.24) is 10.9 Å². The average molecular weight is 227 g/mol. The van der Waals surface area contributed by atoms with Gasteiger partial charge in [-0.1, -0.05) is 0 Å². The second kappa shape index (κ2) is 4.86. The Kier molecular flexibility index (Phi) is 3.48. The number of hydrogen-bond donors (Lipinski definition) is 3. The highest BCUT2D eigenvalue weighted by Gasteiger charge is 2.26. The first-order valence-electron chi connectivity index (χ1n) is 5.37. The maximum Gasteiger partial charge on any atom is 0.128 e. The Hall–Kier alpha value is -1.04. The molecule has 0 aliphatic carbocycles. The number of rotatable bonds is 3. The van der Waals surface area contributed by atoms with Crippen molar-refractivity contribution in [2.45, 2.75) is 24.9 Å². The summed E-state index contributed by atoms with van der Waals surface area (Å²) in [4.78, 5) is 0. The minimum Gasteiger partial charge on any atom is -0.330 e. The van der Waals surface area contributed by atoms with Crippen LogP contribution in [0, 0.1) is 11.6 Å². The van der Waals surface area contributed by atoms with Gasteiger partial charge in [-0.3, -0.25) is 5.43 Å². The van der Waals surface area contributed by atoms with Crippen LogP contribution in [0.4, 0.5) is 8.78 Å². The van der Waals surface area contributed by atoms with Gasteiger partial charge in [0.2, 0.25) is 0 Å². The Labute approximate surface area is 93.0 Å². The zero-order valence-electron chi connectivity index (χ0n) is 8.84. The number of benzene rings is 1. The molecule has 0 aromatic heterocycles. The molecule has 4 N–H and O–H groups in total. The third kappa shape index (κ3) is 2.37. The summed E-state index contributed by atoms with van der Waals surface area (Å²) >= 11 is 0. The van der Waals surface area contributed by atoms with E-state index in [1.54, 1.807) is 0 Å². The fourth-order valence-electron chi connectivity index (χ4n) is 2.00. The molecular formula is C11H15F2N3. The maximum atomic E-state index is 13.5. The normalized spacial score (nSPS) is 24.9. The standard InChI is InChI=1S/C11H15F2N3/c12-7-1-2-10(13)9(5-7)11-6-8(3-4-14)15-16-11/h1-2,5,8,11,15-16H,3-4,6,14H2. The Balaban J connectivity index is 2.11. The Morgan fingerprint density at radius 2 is 2.12 bits per heavy atom. The van der Waals surface area contributed by atoms with Crippen LogP contribution in [0.3, 0.4) is 0 Å². The molecule has 1 aliphatic rings. The van der Waals surface area contributed by atoms with Crippen molar-refractivity contribution in [2.24, 2.45) is 5.73 Å². The van der Waals surface area contributed by atoms with Crippen LogP contribution in [0.5, 0.6) is 0 Å². The monoisotopic (exact) mass is 227 g/mol. The lowest BCUT2D eigenvalue weighted by Crippen LogP contribution is -2.32. The lowest BCUT2D eigenvalue weighted by Gasteiger charge is -2.10. The summed E-state index contributed by atoms with van der Waals surface area (Å²) < 4.78 is 26.5. The molecule has 2 unspecified atom stereocenters. The fourth-order valence-corrected chi connectivity index (χ4v) is 2.00. The van der Waals surface area contributed by atoms with E-state index in [1.165, 1.54) is 6.07 Å². The molecule has 3 nitrogen and oxygen atoms in total. The third-order valence-corrected chi connectivity index (χ3v) is 2.83. The summed E-state index contributed by atoms with van der Waals surface area (Å²) in [5.41, 5.74) is 11.8. The van der Waals surface area contributed by atoms with Crippen molar-refractivity contribution in [3.05, 3.63) is 35.4 Å². The fraction of sp³-hybridized carbons (Fsp3) is 0.455. The molecule has 0 saturated carbocycles. The van der Waals surface area contributed by atoms with E-state index in [0.717, 1.165) is 25.0 Å². The number of nitrogens with one attached hydrogen (secondary N) is 2. The topological polar surface area (TPSA) is 50.1 Å². The van der Waals surface area contributed by atoms with Crippen molar-refractivity contribution < 1.29 is 8.78 Å². The van der Waals surface area contributed by atoms with Crippen LogP contribution in [0.2, 0.25) is 0 Å². The Morgan fingerprint density at radius 3 is 2.88 bits per heavy atom. The number of hydrogen-bond acceptors (Lipinski definition) is 3. The third-order valence-electron chi connectivity index (χ3n) is 2.83. The summed E-state index contributed by atoms with van der Waals surface area (Å²) in [6.07, 6.45) is 1.54. The van der Waals surface area contributed by atoms with Crippen molar-refractivity contribution in [3.8, 4) is 0 Å². The van der Waals surface area contributed by atoms with Crippen molar-refractivity contribution in [1.29, 1.82) is 0 Å². The van der Waals surface area contributed by atoms with Gasteiger partial charge in [0.15, 0.2) is 0 Å². The quantitative estimate of drug-likeness (QED) is 0.727.